The summed E-state index contributed by atoms with van der Waals surface area (Å²) in [6.07, 6.45) is 8.31. The number of aryl methyl sites for hydroxylation is 1. The van der Waals surface area contributed by atoms with E-state index in [0.717, 1.165) is 17.8 Å². The number of pyridine rings is 1. The number of amides is 1. The van der Waals surface area contributed by atoms with Gasteiger partial charge in [-0.15, -0.1) is 10.2 Å². The lowest BCUT2D eigenvalue weighted by Crippen LogP contribution is -2.12. The summed E-state index contributed by atoms with van der Waals surface area (Å²) in [6.45, 7) is 2.21. The Balaban J connectivity index is 1.81. The molecule has 2 heterocycles. The van der Waals surface area contributed by atoms with Gasteiger partial charge in [0.05, 0.1) is 5.56 Å². The fourth-order valence-corrected chi connectivity index (χ4v) is 3.41. The van der Waals surface area contributed by atoms with Crippen LogP contribution in [0.5, 0.6) is 0 Å². The van der Waals surface area contributed by atoms with E-state index in [1.807, 2.05) is 0 Å². The van der Waals surface area contributed by atoms with Crippen molar-refractivity contribution in [1.29, 1.82) is 0 Å². The molecule has 0 saturated carbocycles. The van der Waals surface area contributed by atoms with Gasteiger partial charge < -0.3 is 0 Å². The van der Waals surface area contributed by atoms with Crippen LogP contribution in [0, 0.1) is 0 Å². The second-order valence-corrected chi connectivity index (χ2v) is 7.25. The van der Waals surface area contributed by atoms with E-state index in [1.54, 1.807) is 0 Å². The molecule has 0 aromatic carbocycles. The standard InChI is InChI=1S/C16H20Cl2N4OS/c1-2-3-4-5-6-7-8-13-21-22-16(24-13)20-15(23)11-9-10-12(17)19-14(11)18/h9-10H,2-8H2,1H3,(H,20,22,23). The van der Waals surface area contributed by atoms with Crippen molar-refractivity contribution in [1.82, 2.24) is 15.2 Å². The molecular weight excluding hydrogens is 367 g/mol. The summed E-state index contributed by atoms with van der Waals surface area (Å²) in [6, 6.07) is 3.05. The zero-order valence-corrected chi connectivity index (χ0v) is 15.8. The zero-order chi connectivity index (χ0) is 17.4. The largest absolute Gasteiger partial charge is 0.296 e. The van der Waals surface area contributed by atoms with Crippen molar-refractivity contribution < 1.29 is 4.79 Å². The van der Waals surface area contributed by atoms with E-state index in [2.05, 4.69) is 27.4 Å². The molecule has 1 N–H and O–H groups in total. The lowest BCUT2D eigenvalue weighted by molar-refractivity contribution is 0.102. The van der Waals surface area contributed by atoms with Gasteiger partial charge in [-0.2, -0.15) is 0 Å². The topological polar surface area (TPSA) is 67.8 Å². The first kappa shape index (κ1) is 19.1. The van der Waals surface area contributed by atoms with Crippen LogP contribution in [0.4, 0.5) is 5.13 Å². The van der Waals surface area contributed by atoms with Gasteiger partial charge in [0, 0.05) is 6.42 Å². The van der Waals surface area contributed by atoms with Gasteiger partial charge in [0.15, 0.2) is 0 Å². The fourth-order valence-electron chi connectivity index (χ4n) is 2.21. The summed E-state index contributed by atoms with van der Waals surface area (Å²) in [5.74, 6) is -0.369. The molecule has 2 aromatic rings. The predicted octanol–water partition coefficient (Wildman–Crippen LogP) is 5.40. The Morgan fingerprint density at radius 1 is 1.12 bits per heavy atom. The van der Waals surface area contributed by atoms with E-state index in [4.69, 9.17) is 23.2 Å². The van der Waals surface area contributed by atoms with Crippen LogP contribution in [0.3, 0.4) is 0 Å². The molecule has 5 nitrogen and oxygen atoms in total. The first-order valence-corrected chi connectivity index (χ1v) is 9.63. The van der Waals surface area contributed by atoms with Gasteiger partial charge in [-0.25, -0.2) is 4.98 Å². The molecule has 0 radical (unpaired) electrons. The average molecular weight is 387 g/mol. The quantitative estimate of drug-likeness (QED) is 0.462. The van der Waals surface area contributed by atoms with Crippen LogP contribution in [0.15, 0.2) is 12.1 Å². The first-order chi connectivity index (χ1) is 11.6. The molecular formula is C16H20Cl2N4OS. The van der Waals surface area contributed by atoms with Crippen LogP contribution < -0.4 is 5.32 Å². The highest BCUT2D eigenvalue weighted by Crippen LogP contribution is 2.21. The highest BCUT2D eigenvalue weighted by molar-refractivity contribution is 7.15. The first-order valence-electron chi connectivity index (χ1n) is 8.06. The minimum absolute atomic E-state index is 0.0665. The molecule has 0 bridgehead atoms. The van der Waals surface area contributed by atoms with Crippen molar-refractivity contribution in [2.45, 2.75) is 51.9 Å². The third kappa shape index (κ3) is 6.00. The van der Waals surface area contributed by atoms with Crippen LogP contribution >= 0.6 is 34.5 Å². The molecule has 2 aromatic heterocycles. The maximum absolute atomic E-state index is 12.2. The zero-order valence-electron chi connectivity index (χ0n) is 13.5. The summed E-state index contributed by atoms with van der Waals surface area (Å²) in [5, 5.41) is 12.5. The summed E-state index contributed by atoms with van der Waals surface area (Å²) in [7, 11) is 0. The highest BCUT2D eigenvalue weighted by atomic mass is 35.5. The number of carbonyl (C=O) groups is 1. The van der Waals surface area contributed by atoms with E-state index >= 15 is 0 Å². The lowest BCUT2D eigenvalue weighted by atomic mass is 10.1. The fraction of sp³-hybridized carbons (Fsp3) is 0.500. The summed E-state index contributed by atoms with van der Waals surface area (Å²) >= 11 is 13.0. The molecule has 0 aliphatic heterocycles. The molecule has 8 heteroatoms. The van der Waals surface area contributed by atoms with Crippen LogP contribution in [-0.2, 0) is 6.42 Å². The number of hydrogen-bond donors (Lipinski definition) is 1. The number of halogens is 2. The maximum atomic E-state index is 12.2. The highest BCUT2D eigenvalue weighted by Gasteiger charge is 2.14. The number of carbonyl (C=O) groups excluding carboxylic acids is 1. The van der Waals surface area contributed by atoms with Gasteiger partial charge in [0.25, 0.3) is 5.91 Å². The normalized spacial score (nSPS) is 10.8. The van der Waals surface area contributed by atoms with Gasteiger partial charge in [0.2, 0.25) is 5.13 Å². The second-order valence-electron chi connectivity index (χ2n) is 5.45. The molecule has 24 heavy (non-hydrogen) atoms. The van der Waals surface area contributed by atoms with E-state index in [9.17, 15) is 4.79 Å². The minimum Gasteiger partial charge on any atom is -0.296 e. The summed E-state index contributed by atoms with van der Waals surface area (Å²) in [4.78, 5) is 16.0. The van der Waals surface area contributed by atoms with E-state index in [-0.39, 0.29) is 21.8 Å². The van der Waals surface area contributed by atoms with Crippen molar-refractivity contribution in [3.8, 4) is 0 Å². The average Bonchev–Trinajstić information content (AvgIpc) is 2.98. The number of anilines is 1. The van der Waals surface area contributed by atoms with Crippen molar-refractivity contribution >= 4 is 45.6 Å². The summed E-state index contributed by atoms with van der Waals surface area (Å²) < 4.78 is 0. The Kier molecular flexibility index (Phi) is 7.88. The van der Waals surface area contributed by atoms with E-state index < -0.39 is 0 Å². The molecule has 0 saturated heterocycles. The smallest absolute Gasteiger partial charge is 0.260 e. The van der Waals surface area contributed by atoms with Crippen LogP contribution in [0.1, 0.15) is 60.8 Å². The predicted molar refractivity (Wildman–Crippen MR) is 99.2 cm³/mol. The van der Waals surface area contributed by atoms with Crippen LogP contribution in [-0.4, -0.2) is 21.1 Å². The van der Waals surface area contributed by atoms with E-state index in [1.165, 1.54) is 55.6 Å². The van der Waals surface area contributed by atoms with Gasteiger partial charge in [-0.05, 0) is 18.6 Å². The SMILES string of the molecule is CCCCCCCCc1nnc(NC(=O)c2ccc(Cl)nc2Cl)s1. The van der Waals surface area contributed by atoms with Crippen LogP contribution in [0.2, 0.25) is 10.3 Å². The Labute approximate surface area is 155 Å². The Hall–Kier alpha value is -1.24. The number of nitrogens with zero attached hydrogens (tertiary/aromatic N) is 3. The molecule has 0 spiro atoms. The summed E-state index contributed by atoms with van der Waals surface area (Å²) in [5.41, 5.74) is 0.258. The third-order valence-electron chi connectivity index (χ3n) is 3.49. The van der Waals surface area contributed by atoms with Crippen molar-refractivity contribution in [2.24, 2.45) is 0 Å². The molecule has 130 valence electrons. The number of rotatable bonds is 9. The Morgan fingerprint density at radius 3 is 2.62 bits per heavy atom. The number of nitrogens with one attached hydrogen (secondary N) is 1. The van der Waals surface area contributed by atoms with Gasteiger partial charge in [-0.3, -0.25) is 10.1 Å². The third-order valence-corrected chi connectivity index (χ3v) is 4.89. The molecule has 0 aliphatic rings. The van der Waals surface area contributed by atoms with Crippen molar-refractivity contribution in [3.63, 3.8) is 0 Å². The number of hydrogen-bond acceptors (Lipinski definition) is 5. The minimum atomic E-state index is -0.369. The van der Waals surface area contributed by atoms with Crippen LogP contribution in [0.25, 0.3) is 0 Å². The maximum Gasteiger partial charge on any atom is 0.260 e. The monoisotopic (exact) mass is 386 g/mol. The number of unbranched alkanes of at least 4 members (excludes halogenated alkanes) is 5. The molecule has 0 unspecified atom stereocenters. The second kappa shape index (κ2) is 9.91. The van der Waals surface area contributed by atoms with Gasteiger partial charge >= 0.3 is 0 Å². The molecule has 0 fully saturated rings. The van der Waals surface area contributed by atoms with Gasteiger partial charge in [0.1, 0.15) is 15.3 Å². The van der Waals surface area contributed by atoms with Gasteiger partial charge in [-0.1, -0.05) is 73.6 Å². The van der Waals surface area contributed by atoms with E-state index in [0.29, 0.717) is 5.13 Å². The van der Waals surface area contributed by atoms with Crippen molar-refractivity contribution in [2.75, 3.05) is 5.32 Å². The molecule has 2 rings (SSSR count). The molecule has 0 atom stereocenters. The molecule has 0 aliphatic carbocycles. The molecule has 1 amide bonds. The lowest BCUT2D eigenvalue weighted by Gasteiger charge is -2.02. The Morgan fingerprint density at radius 2 is 1.88 bits per heavy atom. The Bertz CT molecular complexity index is 678. The van der Waals surface area contributed by atoms with Crippen molar-refractivity contribution in [3.05, 3.63) is 33.0 Å². The number of aromatic nitrogens is 3.